The van der Waals surface area contributed by atoms with Crippen molar-refractivity contribution in [2.75, 3.05) is 0 Å². The van der Waals surface area contributed by atoms with Crippen molar-refractivity contribution < 1.29 is 7.84 Å². The molecule has 0 spiro atoms. The van der Waals surface area contributed by atoms with Crippen molar-refractivity contribution in [1.82, 2.24) is 0 Å². The third kappa shape index (κ3) is 2.01. The molecular formula is C6H5AsBrO2. The van der Waals surface area contributed by atoms with Gasteiger partial charge in [0.15, 0.2) is 0 Å². The minimum absolute atomic E-state index is 0.530. The number of halogens is 1. The van der Waals surface area contributed by atoms with Crippen LogP contribution in [-0.4, -0.2) is 19.0 Å². The molecule has 0 heterocycles. The zero-order valence-electron chi connectivity index (χ0n) is 4.99. The molecule has 0 fully saturated rings. The SMILES string of the molecule is O=[As](O)c1cccc(Br)c1. The molecule has 0 saturated heterocycles. The van der Waals surface area contributed by atoms with E-state index < -0.39 is 14.9 Å². The van der Waals surface area contributed by atoms with Gasteiger partial charge in [-0.1, -0.05) is 0 Å². The van der Waals surface area contributed by atoms with Crippen molar-refractivity contribution in [2.24, 2.45) is 0 Å². The Bertz CT molecular complexity index is 262. The Labute approximate surface area is 71.8 Å². The molecule has 0 bridgehead atoms. The normalized spacial score (nSPS) is 11.2. The Morgan fingerprint density at radius 3 is 2.60 bits per heavy atom. The molecule has 2 nitrogen and oxygen atoms in total. The number of rotatable bonds is 1. The van der Waals surface area contributed by atoms with Gasteiger partial charge in [-0.25, -0.2) is 0 Å². The Morgan fingerprint density at radius 2 is 2.20 bits per heavy atom. The van der Waals surface area contributed by atoms with Crippen LogP contribution in [0.25, 0.3) is 0 Å². The molecule has 0 aliphatic rings. The standard InChI is InChI=1S/C6H5AsBrO2/c8-6-3-1-2-5(4-6)7(9)10/h1-4H,(H,9,10). The zero-order valence-corrected chi connectivity index (χ0v) is 8.45. The Morgan fingerprint density at radius 1 is 1.50 bits per heavy atom. The first-order chi connectivity index (χ1) is 4.70. The van der Waals surface area contributed by atoms with E-state index in [9.17, 15) is 3.74 Å². The third-order valence-corrected chi connectivity index (χ3v) is 3.03. The Hall–Kier alpha value is 0.0184. The predicted molar refractivity (Wildman–Crippen MR) is 42.4 cm³/mol. The van der Waals surface area contributed by atoms with Crippen LogP contribution in [0, 0.1) is 0 Å². The number of hydrogen-bond donors (Lipinski definition) is 1. The molecule has 0 aromatic heterocycles. The summed E-state index contributed by atoms with van der Waals surface area (Å²) in [5.41, 5.74) is 0. The second-order valence-corrected chi connectivity index (χ2v) is 4.90. The van der Waals surface area contributed by atoms with Crippen LogP contribution in [0.4, 0.5) is 0 Å². The monoisotopic (exact) mass is 263 g/mol. The van der Waals surface area contributed by atoms with Crippen LogP contribution in [-0.2, 0) is 3.74 Å². The molecule has 1 rings (SSSR count). The van der Waals surface area contributed by atoms with Crippen LogP contribution in [0.5, 0.6) is 0 Å². The molecule has 0 aliphatic heterocycles. The zero-order chi connectivity index (χ0) is 7.56. The van der Waals surface area contributed by atoms with Crippen LogP contribution >= 0.6 is 15.9 Å². The van der Waals surface area contributed by atoms with E-state index in [1.54, 1.807) is 18.2 Å². The molecule has 1 unspecified atom stereocenters. The molecule has 0 aliphatic carbocycles. The summed E-state index contributed by atoms with van der Waals surface area (Å²) >= 11 is 0.306. The molecule has 1 aromatic rings. The van der Waals surface area contributed by atoms with Gasteiger partial charge < -0.3 is 0 Å². The van der Waals surface area contributed by atoms with Gasteiger partial charge in [0, 0.05) is 0 Å². The first-order valence-electron chi connectivity index (χ1n) is 2.62. The summed E-state index contributed by atoms with van der Waals surface area (Å²) in [6.45, 7) is 0. The van der Waals surface area contributed by atoms with Gasteiger partial charge in [-0.05, 0) is 0 Å². The van der Waals surface area contributed by atoms with Crippen molar-refractivity contribution in [3.8, 4) is 0 Å². The summed E-state index contributed by atoms with van der Waals surface area (Å²) in [5.74, 6) is 0. The quantitative estimate of drug-likeness (QED) is 0.753. The predicted octanol–water partition coefficient (Wildman–Crippen LogP) is 0.567. The first kappa shape index (κ1) is 8.12. The average molecular weight is 264 g/mol. The van der Waals surface area contributed by atoms with Gasteiger partial charge in [0.2, 0.25) is 0 Å². The van der Waals surface area contributed by atoms with Crippen molar-refractivity contribution >= 4 is 35.2 Å². The number of benzene rings is 1. The average Bonchev–Trinajstić information content (AvgIpc) is 1.88. The van der Waals surface area contributed by atoms with Gasteiger partial charge in [0.05, 0.1) is 0 Å². The fourth-order valence-electron chi connectivity index (χ4n) is 0.595. The van der Waals surface area contributed by atoms with E-state index in [0.29, 0.717) is 4.35 Å². The van der Waals surface area contributed by atoms with E-state index in [4.69, 9.17) is 4.10 Å². The summed E-state index contributed by atoms with van der Waals surface area (Å²) in [6, 6.07) is 6.88. The fourth-order valence-corrected chi connectivity index (χ4v) is 2.35. The summed E-state index contributed by atoms with van der Waals surface area (Å²) in [4.78, 5) is 0. The molecule has 53 valence electrons. The van der Waals surface area contributed by atoms with Crippen LogP contribution < -0.4 is 4.35 Å². The topological polar surface area (TPSA) is 37.3 Å². The van der Waals surface area contributed by atoms with E-state index in [0.717, 1.165) is 4.47 Å². The van der Waals surface area contributed by atoms with Crippen molar-refractivity contribution in [1.29, 1.82) is 0 Å². The van der Waals surface area contributed by atoms with Gasteiger partial charge in [-0.15, -0.1) is 0 Å². The van der Waals surface area contributed by atoms with E-state index in [2.05, 4.69) is 15.9 Å². The van der Waals surface area contributed by atoms with E-state index >= 15 is 0 Å². The fraction of sp³-hybridized carbons (Fsp3) is 0. The third-order valence-electron chi connectivity index (χ3n) is 1.03. The Kier molecular flexibility index (Phi) is 2.78. The summed E-state index contributed by atoms with van der Waals surface area (Å²) in [5, 5.41) is 0. The van der Waals surface area contributed by atoms with Crippen molar-refractivity contribution in [3.63, 3.8) is 0 Å². The first-order valence-corrected chi connectivity index (χ1v) is 5.95. The van der Waals surface area contributed by atoms with E-state index in [-0.39, 0.29) is 0 Å². The summed E-state index contributed by atoms with van der Waals surface area (Å²) < 4.78 is 20.7. The van der Waals surface area contributed by atoms with Gasteiger partial charge >= 0.3 is 71.8 Å². The van der Waals surface area contributed by atoms with Crippen LogP contribution in [0.2, 0.25) is 0 Å². The molecular weight excluding hydrogens is 259 g/mol. The van der Waals surface area contributed by atoms with E-state index in [1.807, 2.05) is 6.07 Å². The molecule has 0 saturated carbocycles. The van der Waals surface area contributed by atoms with Crippen molar-refractivity contribution in [2.45, 2.75) is 0 Å². The number of hydrogen-bond acceptors (Lipinski definition) is 1. The van der Waals surface area contributed by atoms with Gasteiger partial charge in [0.25, 0.3) is 0 Å². The van der Waals surface area contributed by atoms with Gasteiger partial charge in [-0.2, -0.15) is 0 Å². The molecule has 0 amide bonds. The second-order valence-electron chi connectivity index (χ2n) is 1.75. The molecule has 1 N–H and O–H groups in total. The maximum absolute atomic E-state index is 10.6. The molecule has 10 heavy (non-hydrogen) atoms. The van der Waals surface area contributed by atoms with Crippen LogP contribution in [0.1, 0.15) is 0 Å². The van der Waals surface area contributed by atoms with Gasteiger partial charge in [0.1, 0.15) is 0 Å². The molecule has 1 radical (unpaired) electrons. The minimum atomic E-state index is -2.90. The molecule has 1 aromatic carbocycles. The summed E-state index contributed by atoms with van der Waals surface area (Å²) in [7, 11) is 0. The van der Waals surface area contributed by atoms with E-state index in [1.165, 1.54) is 0 Å². The Balaban J connectivity index is 3.07. The van der Waals surface area contributed by atoms with Crippen LogP contribution in [0.3, 0.4) is 0 Å². The van der Waals surface area contributed by atoms with Gasteiger partial charge in [-0.3, -0.25) is 0 Å². The molecule has 1 atom stereocenters. The summed E-state index contributed by atoms with van der Waals surface area (Å²) in [6.07, 6.45) is 0. The van der Waals surface area contributed by atoms with Crippen LogP contribution in [0.15, 0.2) is 28.7 Å². The molecule has 4 heteroatoms. The van der Waals surface area contributed by atoms with Crippen molar-refractivity contribution in [3.05, 3.63) is 28.7 Å². The maximum atomic E-state index is 10.6. The second kappa shape index (κ2) is 3.42.